The molecule has 2 amide bonds. The first kappa shape index (κ1) is 29.5. The van der Waals surface area contributed by atoms with Gasteiger partial charge in [0, 0.05) is 47.2 Å². The normalized spacial score (nSPS) is 12.2. The summed E-state index contributed by atoms with van der Waals surface area (Å²) in [4.78, 5) is 27.3. The van der Waals surface area contributed by atoms with E-state index in [1.807, 2.05) is 0 Å². The molecule has 2 aromatic carbocycles. The first-order chi connectivity index (χ1) is 16.4. The molecule has 0 bridgehead atoms. The molecule has 0 aliphatic carbocycles. The SMILES string of the molecule is CC[C@H](C(=O)NC)N(Cc1c(Cl)cccc1Cl)C(=O)CCCN(c1cc(Cl)ccc1Cl)S(C)(=O)=O. The summed E-state index contributed by atoms with van der Waals surface area (Å²) in [7, 11) is -2.21. The molecule has 0 spiro atoms. The molecule has 0 heterocycles. The van der Waals surface area contributed by atoms with E-state index in [4.69, 9.17) is 46.4 Å². The molecule has 2 aromatic rings. The van der Waals surface area contributed by atoms with Crippen LogP contribution in [0.4, 0.5) is 5.69 Å². The van der Waals surface area contributed by atoms with Crippen molar-refractivity contribution in [2.24, 2.45) is 0 Å². The van der Waals surface area contributed by atoms with Crippen LogP contribution in [0.5, 0.6) is 0 Å². The lowest BCUT2D eigenvalue weighted by Gasteiger charge is -2.31. The molecular formula is C23H27Cl4N3O4S. The van der Waals surface area contributed by atoms with E-state index in [1.54, 1.807) is 31.2 Å². The maximum Gasteiger partial charge on any atom is 0.242 e. The van der Waals surface area contributed by atoms with Crippen molar-refractivity contribution >= 4 is 73.9 Å². The summed E-state index contributed by atoms with van der Waals surface area (Å²) in [5.41, 5.74) is 0.751. The van der Waals surface area contributed by atoms with Crippen LogP contribution < -0.4 is 9.62 Å². The van der Waals surface area contributed by atoms with Crippen molar-refractivity contribution in [2.45, 2.75) is 38.8 Å². The number of nitrogens with one attached hydrogen (secondary N) is 1. The molecule has 35 heavy (non-hydrogen) atoms. The molecule has 12 heteroatoms. The Morgan fingerprint density at radius 1 is 1.03 bits per heavy atom. The van der Waals surface area contributed by atoms with E-state index in [0.29, 0.717) is 27.1 Å². The van der Waals surface area contributed by atoms with Gasteiger partial charge in [0.2, 0.25) is 21.8 Å². The second kappa shape index (κ2) is 13.0. The van der Waals surface area contributed by atoms with Crippen LogP contribution in [0.25, 0.3) is 0 Å². The van der Waals surface area contributed by atoms with Crippen LogP contribution in [-0.2, 0) is 26.2 Å². The molecule has 0 radical (unpaired) electrons. The number of anilines is 1. The number of halogens is 4. The number of carbonyl (C=O) groups is 2. The van der Waals surface area contributed by atoms with Gasteiger partial charge in [-0.15, -0.1) is 0 Å². The van der Waals surface area contributed by atoms with Crippen molar-refractivity contribution in [2.75, 3.05) is 24.2 Å². The van der Waals surface area contributed by atoms with Gasteiger partial charge in [-0.25, -0.2) is 8.42 Å². The van der Waals surface area contributed by atoms with Gasteiger partial charge < -0.3 is 10.2 Å². The summed E-state index contributed by atoms with van der Waals surface area (Å²) < 4.78 is 26.0. The Labute approximate surface area is 226 Å². The van der Waals surface area contributed by atoms with E-state index >= 15 is 0 Å². The van der Waals surface area contributed by atoms with Gasteiger partial charge in [-0.05, 0) is 43.2 Å². The van der Waals surface area contributed by atoms with Gasteiger partial charge in [0.15, 0.2) is 0 Å². The van der Waals surface area contributed by atoms with Crippen molar-refractivity contribution < 1.29 is 18.0 Å². The molecule has 0 unspecified atom stereocenters. The van der Waals surface area contributed by atoms with E-state index in [9.17, 15) is 18.0 Å². The number of rotatable bonds is 11. The Hall–Kier alpha value is -1.71. The first-order valence-electron chi connectivity index (χ1n) is 10.8. The smallest absolute Gasteiger partial charge is 0.242 e. The molecule has 0 fully saturated rings. The lowest BCUT2D eigenvalue weighted by molar-refractivity contribution is -0.141. The number of carbonyl (C=O) groups excluding carboxylic acids is 2. The second-order valence-corrected chi connectivity index (χ2v) is 11.4. The topological polar surface area (TPSA) is 86.8 Å². The van der Waals surface area contributed by atoms with E-state index in [1.165, 1.54) is 24.1 Å². The van der Waals surface area contributed by atoms with E-state index in [0.717, 1.165) is 10.6 Å². The van der Waals surface area contributed by atoms with Crippen molar-refractivity contribution in [3.63, 3.8) is 0 Å². The Balaban J connectivity index is 2.28. The first-order valence-corrected chi connectivity index (χ1v) is 14.1. The number of amides is 2. The monoisotopic (exact) mass is 581 g/mol. The third-order valence-electron chi connectivity index (χ3n) is 5.35. The number of likely N-dealkylation sites (N-methyl/N-ethyl adjacent to an activating group) is 1. The highest BCUT2D eigenvalue weighted by molar-refractivity contribution is 7.92. The average Bonchev–Trinajstić information content (AvgIpc) is 2.79. The minimum absolute atomic E-state index is 0.0118. The Kier molecular flexibility index (Phi) is 11.0. The third kappa shape index (κ3) is 7.89. The fourth-order valence-electron chi connectivity index (χ4n) is 3.60. The Bertz CT molecular complexity index is 1160. The number of hydrogen-bond acceptors (Lipinski definition) is 4. The molecule has 7 nitrogen and oxygen atoms in total. The molecular weight excluding hydrogens is 556 g/mol. The summed E-state index contributed by atoms with van der Waals surface area (Å²) in [6.45, 7) is 1.81. The molecule has 0 aromatic heterocycles. The predicted octanol–water partition coefficient (Wildman–Crippen LogP) is 5.40. The van der Waals surface area contributed by atoms with Crippen molar-refractivity contribution in [1.82, 2.24) is 10.2 Å². The summed E-state index contributed by atoms with van der Waals surface area (Å²) >= 11 is 24.9. The molecule has 2 rings (SSSR count). The van der Waals surface area contributed by atoms with Crippen LogP contribution in [0.2, 0.25) is 20.1 Å². The summed E-state index contributed by atoms with van der Waals surface area (Å²) in [6.07, 6.45) is 1.56. The predicted molar refractivity (Wildman–Crippen MR) is 143 cm³/mol. The standard InChI is InChI=1S/C23H27Cl4N3O4S/c1-4-20(23(32)28-2)29(14-16-17(25)7-5-8-18(16)26)22(31)9-6-12-30(35(3,33)34)21-13-15(24)10-11-19(21)27/h5,7-8,10-11,13,20H,4,6,9,12,14H2,1-3H3,(H,28,32)/t20-/m1/s1. The highest BCUT2D eigenvalue weighted by Gasteiger charge is 2.29. The lowest BCUT2D eigenvalue weighted by atomic mass is 10.1. The van der Waals surface area contributed by atoms with Crippen LogP contribution >= 0.6 is 46.4 Å². The van der Waals surface area contributed by atoms with Crippen LogP contribution in [0.15, 0.2) is 36.4 Å². The quantitative estimate of drug-likeness (QED) is 0.384. The molecule has 0 saturated heterocycles. The number of sulfonamides is 1. The van der Waals surface area contributed by atoms with Gasteiger partial charge in [0.1, 0.15) is 6.04 Å². The zero-order chi connectivity index (χ0) is 26.3. The van der Waals surface area contributed by atoms with Crippen LogP contribution in [-0.4, -0.2) is 51.0 Å². The zero-order valence-electron chi connectivity index (χ0n) is 19.5. The molecule has 0 aliphatic heterocycles. The van der Waals surface area contributed by atoms with Crippen molar-refractivity contribution in [3.05, 3.63) is 62.1 Å². The maximum absolute atomic E-state index is 13.3. The summed E-state index contributed by atoms with van der Waals surface area (Å²) in [5, 5.41) is 3.87. The largest absolute Gasteiger partial charge is 0.357 e. The average molecular weight is 583 g/mol. The highest BCUT2D eigenvalue weighted by Crippen LogP contribution is 2.31. The van der Waals surface area contributed by atoms with Gasteiger partial charge >= 0.3 is 0 Å². The minimum Gasteiger partial charge on any atom is -0.357 e. The molecule has 1 N–H and O–H groups in total. The molecule has 192 valence electrons. The highest BCUT2D eigenvalue weighted by atomic mass is 35.5. The van der Waals surface area contributed by atoms with E-state index in [2.05, 4.69) is 5.32 Å². The van der Waals surface area contributed by atoms with Gasteiger partial charge in [-0.1, -0.05) is 59.4 Å². The molecule has 0 aliphatic rings. The lowest BCUT2D eigenvalue weighted by Crippen LogP contribution is -2.48. The zero-order valence-corrected chi connectivity index (χ0v) is 23.4. The van der Waals surface area contributed by atoms with Gasteiger partial charge in [0.25, 0.3) is 0 Å². The number of benzene rings is 2. The fourth-order valence-corrected chi connectivity index (χ4v) is 5.52. The molecule has 0 saturated carbocycles. The van der Waals surface area contributed by atoms with Crippen LogP contribution in [0.3, 0.4) is 0 Å². The van der Waals surface area contributed by atoms with Crippen LogP contribution in [0.1, 0.15) is 31.7 Å². The van der Waals surface area contributed by atoms with Crippen LogP contribution in [0, 0.1) is 0 Å². The van der Waals surface area contributed by atoms with Crippen molar-refractivity contribution in [1.29, 1.82) is 0 Å². The van der Waals surface area contributed by atoms with Gasteiger partial charge in [-0.3, -0.25) is 13.9 Å². The van der Waals surface area contributed by atoms with Crippen molar-refractivity contribution in [3.8, 4) is 0 Å². The van der Waals surface area contributed by atoms with E-state index in [-0.39, 0.29) is 48.5 Å². The number of hydrogen-bond donors (Lipinski definition) is 1. The second-order valence-electron chi connectivity index (χ2n) is 7.79. The van der Waals surface area contributed by atoms with Gasteiger partial charge in [0.05, 0.1) is 17.0 Å². The minimum atomic E-state index is -3.71. The summed E-state index contributed by atoms with van der Waals surface area (Å²) in [6, 6.07) is 8.77. The Morgan fingerprint density at radius 2 is 1.66 bits per heavy atom. The number of nitrogens with zero attached hydrogens (tertiary/aromatic N) is 2. The van der Waals surface area contributed by atoms with E-state index < -0.39 is 16.1 Å². The summed E-state index contributed by atoms with van der Waals surface area (Å²) in [5.74, 6) is -0.672. The fraction of sp³-hybridized carbons (Fsp3) is 0.391. The Morgan fingerprint density at radius 3 is 2.20 bits per heavy atom. The molecule has 1 atom stereocenters. The maximum atomic E-state index is 13.3. The van der Waals surface area contributed by atoms with Gasteiger partial charge in [-0.2, -0.15) is 0 Å². The third-order valence-corrected chi connectivity index (χ3v) is 7.79.